The topological polar surface area (TPSA) is 28.0 Å². The monoisotopic (exact) mass is 400 g/mol. The van der Waals surface area contributed by atoms with Crippen LogP contribution in [0.25, 0.3) is 0 Å². The summed E-state index contributed by atoms with van der Waals surface area (Å²) in [6.07, 6.45) is 0. The van der Waals surface area contributed by atoms with Crippen molar-refractivity contribution in [3.8, 4) is 0 Å². The smallest absolute Gasteiger partial charge is 0.277 e. The highest BCUT2D eigenvalue weighted by atomic mass is 16.2. The molecule has 4 rings (SSSR count). The van der Waals surface area contributed by atoms with Crippen LogP contribution in [-0.2, 0) is 4.79 Å². The van der Waals surface area contributed by atoms with E-state index in [1.54, 1.807) is 0 Å². The van der Waals surface area contributed by atoms with Crippen molar-refractivity contribution in [3.05, 3.63) is 102 Å². The number of nitrogens with zero attached hydrogens (tertiary/aromatic N) is 2. The minimum Gasteiger partial charge on any atom is -0.368 e. The number of carbonyl (C=O) groups is 1. The highest BCUT2D eigenvalue weighted by Crippen LogP contribution is 2.19. The SMILES string of the molecule is C[NH+](CC(=O)N1CCN(c2ccccc2)CC1)C(c1ccccc1)c1ccccc1. The molecular weight excluding hydrogens is 370 g/mol. The minimum absolute atomic E-state index is 0.141. The number of amides is 1. The van der Waals surface area contributed by atoms with E-state index in [9.17, 15) is 4.79 Å². The molecule has 4 heteroatoms. The maximum atomic E-state index is 13.1. The van der Waals surface area contributed by atoms with Crippen molar-refractivity contribution >= 4 is 11.6 Å². The molecule has 1 aliphatic heterocycles. The Hall–Kier alpha value is -3.11. The quantitative estimate of drug-likeness (QED) is 0.689. The molecule has 1 fully saturated rings. The Balaban J connectivity index is 1.42. The minimum atomic E-state index is 0.141. The zero-order valence-corrected chi connectivity index (χ0v) is 17.6. The number of hydrogen-bond acceptors (Lipinski definition) is 2. The van der Waals surface area contributed by atoms with Crippen LogP contribution in [0.2, 0.25) is 0 Å². The molecule has 3 aromatic carbocycles. The molecular formula is C26H30N3O+. The van der Waals surface area contributed by atoms with E-state index in [4.69, 9.17) is 0 Å². The van der Waals surface area contributed by atoms with Crippen LogP contribution < -0.4 is 9.80 Å². The van der Waals surface area contributed by atoms with Gasteiger partial charge in [0.15, 0.2) is 6.54 Å². The summed E-state index contributed by atoms with van der Waals surface area (Å²) in [4.78, 5) is 18.7. The van der Waals surface area contributed by atoms with E-state index < -0.39 is 0 Å². The first-order valence-corrected chi connectivity index (χ1v) is 10.7. The molecule has 4 nitrogen and oxygen atoms in total. The molecule has 0 spiro atoms. The Kier molecular flexibility index (Phi) is 6.45. The second-order valence-electron chi connectivity index (χ2n) is 7.98. The van der Waals surface area contributed by atoms with Gasteiger partial charge in [0.2, 0.25) is 0 Å². The number of piperazine rings is 1. The molecule has 154 valence electrons. The van der Waals surface area contributed by atoms with E-state index in [-0.39, 0.29) is 11.9 Å². The lowest BCUT2D eigenvalue weighted by Crippen LogP contribution is -3.10. The van der Waals surface area contributed by atoms with Crippen molar-refractivity contribution in [2.45, 2.75) is 6.04 Å². The van der Waals surface area contributed by atoms with Gasteiger partial charge in [0, 0.05) is 43.0 Å². The van der Waals surface area contributed by atoms with E-state index >= 15 is 0 Å². The van der Waals surface area contributed by atoms with Gasteiger partial charge in [-0.3, -0.25) is 4.79 Å². The highest BCUT2D eigenvalue weighted by molar-refractivity contribution is 5.77. The van der Waals surface area contributed by atoms with Crippen LogP contribution in [0.3, 0.4) is 0 Å². The largest absolute Gasteiger partial charge is 0.368 e. The second kappa shape index (κ2) is 9.59. The maximum absolute atomic E-state index is 13.1. The zero-order chi connectivity index (χ0) is 20.8. The Labute approximate surface area is 179 Å². The summed E-state index contributed by atoms with van der Waals surface area (Å²) >= 11 is 0. The summed E-state index contributed by atoms with van der Waals surface area (Å²) < 4.78 is 0. The highest BCUT2D eigenvalue weighted by Gasteiger charge is 2.28. The van der Waals surface area contributed by atoms with Crippen LogP contribution in [0.1, 0.15) is 17.2 Å². The standard InChI is InChI=1S/C26H29N3O/c1-27(26(22-11-5-2-6-12-22)23-13-7-3-8-14-23)21-25(30)29-19-17-28(18-20-29)24-15-9-4-10-16-24/h2-16,26H,17-21H2,1H3/p+1. The van der Waals surface area contributed by atoms with Crippen LogP contribution in [0.15, 0.2) is 91.0 Å². The second-order valence-corrected chi connectivity index (χ2v) is 7.98. The number of rotatable bonds is 6. The molecule has 1 aliphatic rings. The maximum Gasteiger partial charge on any atom is 0.277 e. The summed E-state index contributed by atoms with van der Waals surface area (Å²) in [7, 11) is 2.13. The van der Waals surface area contributed by atoms with Crippen molar-refractivity contribution in [1.29, 1.82) is 0 Å². The molecule has 0 saturated carbocycles. The van der Waals surface area contributed by atoms with Gasteiger partial charge in [0.25, 0.3) is 5.91 Å². The van der Waals surface area contributed by atoms with Crippen molar-refractivity contribution in [2.75, 3.05) is 44.7 Å². The molecule has 0 bridgehead atoms. The summed E-state index contributed by atoms with van der Waals surface area (Å²) in [6, 6.07) is 31.6. The predicted molar refractivity (Wildman–Crippen MR) is 122 cm³/mol. The molecule has 1 atom stereocenters. The Morgan fingerprint density at radius 3 is 1.73 bits per heavy atom. The molecule has 1 amide bonds. The Bertz CT molecular complexity index is 883. The van der Waals surface area contributed by atoms with E-state index in [0.29, 0.717) is 6.54 Å². The van der Waals surface area contributed by atoms with E-state index in [1.165, 1.54) is 21.7 Å². The summed E-state index contributed by atoms with van der Waals surface area (Å²) in [5.74, 6) is 0.233. The van der Waals surface area contributed by atoms with E-state index in [1.807, 2.05) is 23.1 Å². The third kappa shape index (κ3) is 4.71. The zero-order valence-electron chi connectivity index (χ0n) is 17.6. The molecule has 0 radical (unpaired) electrons. The van der Waals surface area contributed by atoms with Gasteiger partial charge in [-0.1, -0.05) is 78.9 Å². The number of nitrogens with one attached hydrogen (secondary N) is 1. The van der Waals surface area contributed by atoms with Gasteiger partial charge >= 0.3 is 0 Å². The number of carbonyl (C=O) groups excluding carboxylic acids is 1. The molecule has 1 unspecified atom stereocenters. The van der Waals surface area contributed by atoms with Gasteiger partial charge in [-0.25, -0.2) is 0 Å². The fourth-order valence-electron chi connectivity index (χ4n) is 4.36. The van der Waals surface area contributed by atoms with Gasteiger partial charge in [0.05, 0.1) is 7.05 Å². The molecule has 1 heterocycles. The molecule has 1 saturated heterocycles. The molecule has 0 aliphatic carbocycles. The van der Waals surface area contributed by atoms with Crippen molar-refractivity contribution in [2.24, 2.45) is 0 Å². The molecule has 1 N–H and O–H groups in total. The molecule has 3 aromatic rings. The first-order valence-electron chi connectivity index (χ1n) is 10.7. The average molecular weight is 401 g/mol. The number of quaternary nitrogens is 1. The summed E-state index contributed by atoms with van der Waals surface area (Å²) in [5, 5.41) is 0. The first kappa shape index (κ1) is 20.2. The third-order valence-corrected chi connectivity index (χ3v) is 5.94. The normalized spacial score (nSPS) is 15.3. The van der Waals surface area contributed by atoms with Crippen molar-refractivity contribution in [3.63, 3.8) is 0 Å². The van der Waals surface area contributed by atoms with Gasteiger partial charge in [0.1, 0.15) is 6.04 Å². The van der Waals surface area contributed by atoms with E-state index in [0.717, 1.165) is 26.2 Å². The van der Waals surface area contributed by atoms with Gasteiger partial charge in [-0.2, -0.15) is 0 Å². The van der Waals surface area contributed by atoms with Gasteiger partial charge < -0.3 is 14.7 Å². The first-order chi connectivity index (χ1) is 14.7. The number of likely N-dealkylation sites (N-methyl/N-ethyl adjacent to an activating group) is 1. The number of anilines is 1. The van der Waals surface area contributed by atoms with Crippen LogP contribution in [-0.4, -0.2) is 50.6 Å². The fourth-order valence-corrected chi connectivity index (χ4v) is 4.36. The van der Waals surface area contributed by atoms with Gasteiger partial charge in [-0.05, 0) is 12.1 Å². The Morgan fingerprint density at radius 1 is 0.767 bits per heavy atom. The van der Waals surface area contributed by atoms with Crippen LogP contribution in [0.4, 0.5) is 5.69 Å². The van der Waals surface area contributed by atoms with Crippen LogP contribution in [0, 0.1) is 0 Å². The number of para-hydroxylation sites is 1. The summed E-state index contributed by atoms with van der Waals surface area (Å²) in [5.41, 5.74) is 3.71. The van der Waals surface area contributed by atoms with Gasteiger partial charge in [-0.15, -0.1) is 0 Å². The van der Waals surface area contributed by atoms with Crippen LogP contribution in [0.5, 0.6) is 0 Å². The molecule has 0 aromatic heterocycles. The summed E-state index contributed by atoms with van der Waals surface area (Å²) in [6.45, 7) is 3.82. The lowest BCUT2D eigenvalue weighted by atomic mass is 9.97. The fraction of sp³-hybridized carbons (Fsp3) is 0.269. The average Bonchev–Trinajstić information content (AvgIpc) is 2.81. The van der Waals surface area contributed by atoms with Crippen LogP contribution >= 0.6 is 0 Å². The Morgan fingerprint density at radius 2 is 1.23 bits per heavy atom. The lowest BCUT2D eigenvalue weighted by Gasteiger charge is -2.36. The van der Waals surface area contributed by atoms with E-state index in [2.05, 4.69) is 84.7 Å². The molecule has 30 heavy (non-hydrogen) atoms. The number of benzene rings is 3. The number of hydrogen-bond donors (Lipinski definition) is 1. The third-order valence-electron chi connectivity index (χ3n) is 5.94. The predicted octanol–water partition coefficient (Wildman–Crippen LogP) is 2.64. The van der Waals surface area contributed by atoms with Crippen molar-refractivity contribution < 1.29 is 9.69 Å². The lowest BCUT2D eigenvalue weighted by molar-refractivity contribution is -0.898. The van der Waals surface area contributed by atoms with Crippen molar-refractivity contribution in [1.82, 2.24) is 4.90 Å².